The van der Waals surface area contributed by atoms with E-state index in [9.17, 15) is 4.79 Å². The van der Waals surface area contributed by atoms with Crippen LogP contribution in [0.2, 0.25) is 0 Å². The molecule has 1 aromatic carbocycles. The first kappa shape index (κ1) is 17.7. The Kier molecular flexibility index (Phi) is 5.98. The minimum atomic E-state index is -0.139. The number of H-pyrrole nitrogens is 1. The lowest BCUT2D eigenvalue weighted by Gasteiger charge is -2.08. The molecule has 2 heterocycles. The second-order valence-electron chi connectivity index (χ2n) is 5.94. The highest BCUT2D eigenvalue weighted by atomic mass is 16.1. The van der Waals surface area contributed by atoms with Crippen LogP contribution in [0.25, 0.3) is 11.4 Å². The van der Waals surface area contributed by atoms with Crippen molar-refractivity contribution >= 4 is 11.5 Å². The van der Waals surface area contributed by atoms with Crippen LogP contribution in [0.5, 0.6) is 0 Å². The number of aromatic amines is 1. The summed E-state index contributed by atoms with van der Waals surface area (Å²) in [5.74, 6) is 1.36. The molecule has 3 aromatic rings. The van der Waals surface area contributed by atoms with E-state index in [1.807, 2.05) is 37.3 Å². The molecule has 2 aromatic heterocycles. The van der Waals surface area contributed by atoms with Crippen molar-refractivity contribution in [1.82, 2.24) is 15.0 Å². The van der Waals surface area contributed by atoms with Gasteiger partial charge in [0.05, 0.1) is 0 Å². The molecule has 0 aliphatic heterocycles. The fraction of sp³-hybridized carbons (Fsp3) is 0.250. The van der Waals surface area contributed by atoms with Gasteiger partial charge in [0.15, 0.2) is 0 Å². The van der Waals surface area contributed by atoms with E-state index in [2.05, 4.69) is 37.7 Å². The molecule has 134 valence electrons. The van der Waals surface area contributed by atoms with Crippen molar-refractivity contribution in [3.63, 3.8) is 0 Å². The van der Waals surface area contributed by atoms with Gasteiger partial charge in [-0.15, -0.1) is 0 Å². The molecule has 26 heavy (non-hydrogen) atoms. The van der Waals surface area contributed by atoms with Crippen LogP contribution < -0.4 is 16.2 Å². The summed E-state index contributed by atoms with van der Waals surface area (Å²) < 4.78 is 0. The predicted molar refractivity (Wildman–Crippen MR) is 106 cm³/mol. The van der Waals surface area contributed by atoms with Gasteiger partial charge in [0.1, 0.15) is 11.6 Å². The highest BCUT2D eigenvalue weighted by Gasteiger charge is 2.04. The monoisotopic (exact) mass is 349 g/mol. The van der Waals surface area contributed by atoms with Crippen molar-refractivity contribution in [2.24, 2.45) is 0 Å². The zero-order valence-electron chi connectivity index (χ0n) is 14.8. The number of hydrogen-bond donors (Lipinski definition) is 3. The molecule has 0 aliphatic rings. The Morgan fingerprint density at radius 1 is 1.04 bits per heavy atom. The van der Waals surface area contributed by atoms with Gasteiger partial charge in [-0.2, -0.15) is 0 Å². The lowest BCUT2D eigenvalue weighted by Crippen LogP contribution is -2.11. The van der Waals surface area contributed by atoms with Crippen molar-refractivity contribution in [2.45, 2.75) is 19.8 Å². The number of nitrogens with zero attached hydrogens (tertiary/aromatic N) is 2. The van der Waals surface area contributed by atoms with E-state index < -0.39 is 0 Å². The summed E-state index contributed by atoms with van der Waals surface area (Å²) >= 11 is 0. The molecule has 0 bridgehead atoms. The van der Waals surface area contributed by atoms with Crippen molar-refractivity contribution < 1.29 is 0 Å². The van der Waals surface area contributed by atoms with Crippen molar-refractivity contribution in [3.8, 4) is 11.4 Å². The standard InChI is InChI=1S/C20H23N5O/c1-2-16-13-19(26)25-20(24-16)15-9-10-18(23-14-15)22-12-6-11-21-17-7-4-3-5-8-17/h3-5,7-10,13-14,21H,2,6,11-12H2,1H3,(H,22,23)(H,24,25,26). The van der Waals surface area contributed by atoms with Crippen LogP contribution in [0.1, 0.15) is 19.0 Å². The maximum Gasteiger partial charge on any atom is 0.251 e. The number of hydrogen-bond acceptors (Lipinski definition) is 5. The molecule has 3 rings (SSSR count). The zero-order valence-corrected chi connectivity index (χ0v) is 14.8. The number of pyridine rings is 1. The first-order valence-electron chi connectivity index (χ1n) is 8.84. The molecule has 6 heteroatoms. The second kappa shape index (κ2) is 8.80. The molecule has 0 fully saturated rings. The van der Waals surface area contributed by atoms with Crippen LogP contribution in [-0.4, -0.2) is 28.0 Å². The number of aryl methyl sites for hydroxylation is 1. The van der Waals surface area contributed by atoms with Crippen molar-refractivity contribution in [3.05, 3.63) is 70.8 Å². The molecule has 0 aliphatic carbocycles. The molecule has 0 saturated carbocycles. The van der Waals surface area contributed by atoms with E-state index in [1.165, 1.54) is 6.07 Å². The fourth-order valence-electron chi connectivity index (χ4n) is 2.56. The van der Waals surface area contributed by atoms with Crippen LogP contribution in [0.3, 0.4) is 0 Å². The number of aromatic nitrogens is 3. The summed E-state index contributed by atoms with van der Waals surface area (Å²) in [4.78, 5) is 23.3. The second-order valence-corrected chi connectivity index (χ2v) is 5.94. The van der Waals surface area contributed by atoms with Gasteiger partial charge in [0.25, 0.3) is 5.56 Å². The molecular formula is C20H23N5O. The lowest BCUT2D eigenvalue weighted by atomic mass is 10.2. The molecule has 0 unspecified atom stereocenters. The lowest BCUT2D eigenvalue weighted by molar-refractivity contribution is 0.904. The largest absolute Gasteiger partial charge is 0.385 e. The van der Waals surface area contributed by atoms with E-state index in [4.69, 9.17) is 0 Å². The fourth-order valence-corrected chi connectivity index (χ4v) is 2.56. The predicted octanol–water partition coefficient (Wildman–Crippen LogP) is 3.31. The third-order valence-corrected chi connectivity index (χ3v) is 3.96. The molecule has 0 saturated heterocycles. The summed E-state index contributed by atoms with van der Waals surface area (Å²) in [5.41, 5.74) is 2.57. The van der Waals surface area contributed by atoms with Gasteiger partial charge >= 0.3 is 0 Å². The Balaban J connectivity index is 1.50. The molecule has 3 N–H and O–H groups in total. The Hall–Kier alpha value is -3.15. The average Bonchev–Trinajstić information content (AvgIpc) is 2.68. The molecule has 0 spiro atoms. The van der Waals surface area contributed by atoms with Gasteiger partial charge in [-0.05, 0) is 37.1 Å². The highest BCUT2D eigenvalue weighted by Crippen LogP contribution is 2.15. The maximum absolute atomic E-state index is 11.7. The highest BCUT2D eigenvalue weighted by molar-refractivity contribution is 5.55. The third kappa shape index (κ3) is 4.92. The first-order valence-corrected chi connectivity index (χ1v) is 8.84. The van der Waals surface area contributed by atoms with Crippen molar-refractivity contribution in [1.29, 1.82) is 0 Å². The Morgan fingerprint density at radius 2 is 1.85 bits per heavy atom. The quantitative estimate of drug-likeness (QED) is 0.544. The average molecular weight is 349 g/mol. The summed E-state index contributed by atoms with van der Waals surface area (Å²) in [5, 5.41) is 6.68. The zero-order chi connectivity index (χ0) is 18.2. The summed E-state index contributed by atoms with van der Waals surface area (Å²) in [7, 11) is 0. The molecular weight excluding hydrogens is 326 g/mol. The van der Waals surface area contributed by atoms with E-state index >= 15 is 0 Å². The number of anilines is 2. The van der Waals surface area contributed by atoms with Crippen LogP contribution in [0, 0.1) is 0 Å². The third-order valence-electron chi connectivity index (χ3n) is 3.96. The normalized spacial score (nSPS) is 10.5. The van der Waals surface area contributed by atoms with Gasteiger partial charge in [-0.3, -0.25) is 4.79 Å². The van der Waals surface area contributed by atoms with Crippen molar-refractivity contribution in [2.75, 3.05) is 23.7 Å². The van der Waals surface area contributed by atoms with E-state index in [-0.39, 0.29) is 5.56 Å². The number of nitrogens with one attached hydrogen (secondary N) is 3. The minimum absolute atomic E-state index is 0.139. The number of para-hydroxylation sites is 1. The topological polar surface area (TPSA) is 82.7 Å². The van der Waals surface area contributed by atoms with Gasteiger partial charge in [0, 0.05) is 42.3 Å². The smallest absolute Gasteiger partial charge is 0.251 e. The number of benzene rings is 1. The Bertz CT molecular complexity index is 875. The van der Waals surface area contributed by atoms with E-state index in [1.54, 1.807) is 6.20 Å². The van der Waals surface area contributed by atoms with Gasteiger partial charge in [-0.25, -0.2) is 9.97 Å². The Morgan fingerprint density at radius 3 is 2.58 bits per heavy atom. The summed E-state index contributed by atoms with van der Waals surface area (Å²) in [6.45, 7) is 3.69. The van der Waals surface area contributed by atoms with Crippen LogP contribution in [0.15, 0.2) is 59.5 Å². The summed E-state index contributed by atoms with van der Waals surface area (Å²) in [6, 6.07) is 15.5. The van der Waals surface area contributed by atoms with Gasteiger partial charge in [-0.1, -0.05) is 25.1 Å². The number of rotatable bonds is 8. The summed E-state index contributed by atoms with van der Waals surface area (Å²) in [6.07, 6.45) is 3.43. The maximum atomic E-state index is 11.7. The van der Waals surface area contributed by atoms with Crippen LogP contribution in [-0.2, 0) is 6.42 Å². The minimum Gasteiger partial charge on any atom is -0.385 e. The molecule has 0 amide bonds. The first-order chi connectivity index (χ1) is 12.7. The SMILES string of the molecule is CCc1cc(=O)[nH]c(-c2ccc(NCCCNc3ccccc3)nc2)n1. The molecule has 0 atom stereocenters. The van der Waals surface area contributed by atoms with Crippen LogP contribution in [0.4, 0.5) is 11.5 Å². The Labute approximate surface area is 152 Å². The van der Waals surface area contributed by atoms with E-state index in [0.717, 1.165) is 48.7 Å². The van der Waals surface area contributed by atoms with Gasteiger partial charge < -0.3 is 15.6 Å². The van der Waals surface area contributed by atoms with Crippen LogP contribution >= 0.6 is 0 Å². The molecule has 6 nitrogen and oxygen atoms in total. The van der Waals surface area contributed by atoms with E-state index in [0.29, 0.717) is 5.82 Å². The molecule has 0 radical (unpaired) electrons. The van der Waals surface area contributed by atoms with Gasteiger partial charge in [0.2, 0.25) is 0 Å².